The van der Waals surface area contributed by atoms with Crippen molar-refractivity contribution < 1.29 is 4.79 Å². The Balaban J connectivity index is 1.33. The number of hydrogen-bond donors (Lipinski definition) is 0. The van der Waals surface area contributed by atoms with E-state index in [1.165, 1.54) is 0 Å². The van der Waals surface area contributed by atoms with E-state index < -0.39 is 0 Å². The van der Waals surface area contributed by atoms with E-state index in [1.807, 2.05) is 18.5 Å². The highest BCUT2D eigenvalue weighted by molar-refractivity contribution is 9.10. The molecule has 2 aliphatic rings. The van der Waals surface area contributed by atoms with Gasteiger partial charge in [-0.3, -0.25) is 14.8 Å². The van der Waals surface area contributed by atoms with Crippen molar-refractivity contribution in [2.24, 2.45) is 5.92 Å². The lowest BCUT2D eigenvalue weighted by atomic mass is 9.92. The first-order valence-electron chi connectivity index (χ1n) is 10.3. The second-order valence-corrected chi connectivity index (χ2v) is 8.72. The molecular formula is C21H28BrN5O. The summed E-state index contributed by atoms with van der Waals surface area (Å²) in [5.41, 5.74) is 3.02. The number of rotatable bonds is 4. The van der Waals surface area contributed by atoms with E-state index in [0.717, 1.165) is 79.8 Å². The smallest absolute Gasteiger partial charge is 0.222 e. The van der Waals surface area contributed by atoms with E-state index >= 15 is 0 Å². The second kappa shape index (κ2) is 8.74. The fraction of sp³-hybridized carbons (Fsp3) is 0.571. The number of carbonyl (C=O) groups is 1. The molecule has 0 N–H and O–H groups in total. The number of anilines is 1. The van der Waals surface area contributed by atoms with Crippen LogP contribution in [0.4, 0.5) is 5.69 Å². The number of piperazine rings is 1. The highest BCUT2D eigenvalue weighted by atomic mass is 79.9. The minimum atomic E-state index is 0.343. The normalized spacial score (nSPS) is 19.4. The van der Waals surface area contributed by atoms with E-state index in [4.69, 9.17) is 0 Å². The lowest BCUT2D eigenvalue weighted by Crippen LogP contribution is -2.49. The van der Waals surface area contributed by atoms with Crippen LogP contribution in [0.2, 0.25) is 0 Å². The van der Waals surface area contributed by atoms with E-state index in [0.29, 0.717) is 18.2 Å². The maximum absolute atomic E-state index is 12.7. The van der Waals surface area contributed by atoms with Crippen LogP contribution in [0.15, 0.2) is 29.0 Å². The molecule has 2 aromatic heterocycles. The van der Waals surface area contributed by atoms with Gasteiger partial charge in [-0.25, -0.2) is 0 Å². The lowest BCUT2D eigenvalue weighted by molar-refractivity contribution is -0.134. The number of piperidine rings is 1. The van der Waals surface area contributed by atoms with Crippen molar-refractivity contribution >= 4 is 38.6 Å². The fourth-order valence-corrected chi connectivity index (χ4v) is 4.63. The van der Waals surface area contributed by atoms with Crippen molar-refractivity contribution in [1.29, 1.82) is 0 Å². The molecule has 2 aliphatic heterocycles. The summed E-state index contributed by atoms with van der Waals surface area (Å²) in [5, 5.41) is 0. The largest absolute Gasteiger partial charge is 0.370 e. The monoisotopic (exact) mass is 445 g/mol. The van der Waals surface area contributed by atoms with E-state index in [1.54, 1.807) is 0 Å². The molecule has 150 valence electrons. The SMILES string of the molecule is CCN1CCN(C(=O)CC2CCN(c3ccnc4cc(Br)cnc34)CC2)CC1. The predicted molar refractivity (Wildman–Crippen MR) is 115 cm³/mol. The summed E-state index contributed by atoms with van der Waals surface area (Å²) in [6.07, 6.45) is 6.50. The molecule has 2 fully saturated rings. The number of hydrogen-bond acceptors (Lipinski definition) is 5. The zero-order valence-electron chi connectivity index (χ0n) is 16.5. The summed E-state index contributed by atoms with van der Waals surface area (Å²) in [6, 6.07) is 4.07. The molecule has 4 heterocycles. The van der Waals surface area contributed by atoms with Crippen molar-refractivity contribution in [3.8, 4) is 0 Å². The van der Waals surface area contributed by atoms with Crippen LogP contribution < -0.4 is 4.90 Å². The number of likely N-dealkylation sites (N-methyl/N-ethyl adjacent to an activating group) is 1. The molecule has 0 radical (unpaired) electrons. The van der Waals surface area contributed by atoms with Crippen molar-refractivity contribution in [3.63, 3.8) is 0 Å². The highest BCUT2D eigenvalue weighted by Gasteiger charge is 2.26. The van der Waals surface area contributed by atoms with E-state index in [9.17, 15) is 4.79 Å². The Labute approximate surface area is 175 Å². The second-order valence-electron chi connectivity index (χ2n) is 7.80. The number of pyridine rings is 2. The zero-order chi connectivity index (χ0) is 19.5. The van der Waals surface area contributed by atoms with E-state index in [-0.39, 0.29) is 0 Å². The van der Waals surface area contributed by atoms with Gasteiger partial charge in [-0.2, -0.15) is 0 Å². The Bertz CT molecular complexity index is 829. The third-order valence-electron chi connectivity index (χ3n) is 6.11. The fourth-order valence-electron chi connectivity index (χ4n) is 4.31. The van der Waals surface area contributed by atoms with Crippen molar-refractivity contribution in [2.75, 3.05) is 50.7 Å². The van der Waals surface area contributed by atoms with Gasteiger partial charge in [-0.1, -0.05) is 6.92 Å². The standard InChI is InChI=1S/C21H28BrN5O/c1-2-25-9-11-27(12-10-25)20(28)13-16-4-7-26(8-5-16)19-3-6-23-18-14-17(22)15-24-21(18)19/h3,6,14-16H,2,4-5,7-13H2,1H3. The summed E-state index contributed by atoms with van der Waals surface area (Å²) < 4.78 is 0.946. The molecule has 1 amide bonds. The Morgan fingerprint density at radius 1 is 1.14 bits per heavy atom. The molecule has 0 aromatic carbocycles. The van der Waals surface area contributed by atoms with Gasteiger partial charge in [-0.05, 0) is 53.4 Å². The first-order valence-corrected chi connectivity index (χ1v) is 11.1. The van der Waals surface area contributed by atoms with Crippen LogP contribution in [-0.2, 0) is 4.79 Å². The molecule has 4 rings (SSSR count). The van der Waals surface area contributed by atoms with Gasteiger partial charge in [0.05, 0.1) is 11.2 Å². The molecule has 2 saturated heterocycles. The molecule has 7 heteroatoms. The van der Waals surface area contributed by atoms with Crippen molar-refractivity contribution in [2.45, 2.75) is 26.2 Å². The highest BCUT2D eigenvalue weighted by Crippen LogP contribution is 2.30. The number of amides is 1. The van der Waals surface area contributed by atoms with Crippen LogP contribution in [0.1, 0.15) is 26.2 Å². The van der Waals surface area contributed by atoms with Crippen molar-refractivity contribution in [3.05, 3.63) is 29.0 Å². The molecule has 0 unspecified atom stereocenters. The quantitative estimate of drug-likeness (QED) is 0.723. The maximum atomic E-state index is 12.7. The Hall–Kier alpha value is -1.73. The Morgan fingerprint density at radius 2 is 1.89 bits per heavy atom. The first-order chi connectivity index (χ1) is 13.6. The molecule has 0 atom stereocenters. The summed E-state index contributed by atoms with van der Waals surface area (Å²) in [4.78, 5) is 28.6. The van der Waals surface area contributed by atoms with Crippen LogP contribution in [0.5, 0.6) is 0 Å². The third kappa shape index (κ3) is 4.30. The van der Waals surface area contributed by atoms with Gasteiger partial charge in [0, 0.05) is 62.6 Å². The summed E-state index contributed by atoms with van der Waals surface area (Å²) >= 11 is 3.47. The summed E-state index contributed by atoms with van der Waals surface area (Å²) in [7, 11) is 0. The zero-order valence-corrected chi connectivity index (χ0v) is 18.1. The Kier molecular flexibility index (Phi) is 6.11. The molecule has 0 bridgehead atoms. The minimum absolute atomic E-state index is 0.343. The van der Waals surface area contributed by atoms with E-state index in [2.05, 4.69) is 53.6 Å². The summed E-state index contributed by atoms with van der Waals surface area (Å²) in [6.45, 7) is 9.00. The van der Waals surface area contributed by atoms with Gasteiger partial charge in [0.1, 0.15) is 5.52 Å². The van der Waals surface area contributed by atoms with Crippen LogP contribution in [0.3, 0.4) is 0 Å². The van der Waals surface area contributed by atoms with Gasteiger partial charge >= 0.3 is 0 Å². The van der Waals surface area contributed by atoms with Crippen molar-refractivity contribution in [1.82, 2.24) is 19.8 Å². The van der Waals surface area contributed by atoms with Gasteiger partial charge in [0.15, 0.2) is 0 Å². The molecule has 0 saturated carbocycles. The average Bonchev–Trinajstić information content (AvgIpc) is 2.73. The van der Waals surface area contributed by atoms with Crippen LogP contribution in [0, 0.1) is 5.92 Å². The van der Waals surface area contributed by atoms with Crippen LogP contribution in [-0.4, -0.2) is 71.5 Å². The number of halogens is 1. The number of nitrogens with zero attached hydrogens (tertiary/aromatic N) is 5. The molecule has 6 nitrogen and oxygen atoms in total. The molecular weight excluding hydrogens is 418 g/mol. The molecule has 0 aliphatic carbocycles. The molecule has 2 aromatic rings. The third-order valence-corrected chi connectivity index (χ3v) is 6.55. The topological polar surface area (TPSA) is 52.6 Å². The minimum Gasteiger partial charge on any atom is -0.370 e. The lowest BCUT2D eigenvalue weighted by Gasteiger charge is -2.37. The number of carbonyl (C=O) groups excluding carboxylic acids is 1. The number of aromatic nitrogens is 2. The van der Waals surface area contributed by atoms with Crippen LogP contribution in [0.25, 0.3) is 11.0 Å². The molecule has 28 heavy (non-hydrogen) atoms. The van der Waals surface area contributed by atoms with Gasteiger partial charge < -0.3 is 14.7 Å². The van der Waals surface area contributed by atoms with Gasteiger partial charge in [-0.15, -0.1) is 0 Å². The summed E-state index contributed by atoms with van der Waals surface area (Å²) in [5.74, 6) is 0.832. The predicted octanol–water partition coefficient (Wildman–Crippen LogP) is 3.16. The average molecular weight is 446 g/mol. The number of fused-ring (bicyclic) bond motifs is 1. The Morgan fingerprint density at radius 3 is 2.61 bits per heavy atom. The van der Waals surface area contributed by atoms with Crippen LogP contribution >= 0.6 is 15.9 Å². The first kappa shape index (κ1) is 19.6. The maximum Gasteiger partial charge on any atom is 0.222 e. The molecule has 0 spiro atoms. The van der Waals surface area contributed by atoms with Gasteiger partial charge in [0.25, 0.3) is 0 Å². The van der Waals surface area contributed by atoms with Gasteiger partial charge in [0.2, 0.25) is 5.91 Å².